The van der Waals surface area contributed by atoms with Gasteiger partial charge in [-0.3, -0.25) is 0 Å². The molecule has 0 amide bonds. The van der Waals surface area contributed by atoms with Gasteiger partial charge in [0, 0.05) is 18.7 Å². The molecule has 3 heteroatoms. The molecule has 1 aromatic rings. The first kappa shape index (κ1) is 9.59. The fourth-order valence-corrected chi connectivity index (χ4v) is 2.03. The number of hydrogen-bond acceptors (Lipinski definition) is 3. The zero-order valence-electron chi connectivity index (χ0n) is 8.88. The van der Waals surface area contributed by atoms with Crippen molar-refractivity contribution in [1.29, 1.82) is 0 Å². The molecule has 0 aromatic carbocycles. The monoisotopic (exact) mass is 191 g/mol. The van der Waals surface area contributed by atoms with Crippen LogP contribution < -0.4 is 5.32 Å². The molecule has 0 aliphatic carbocycles. The van der Waals surface area contributed by atoms with Gasteiger partial charge in [-0.2, -0.15) is 0 Å². The van der Waals surface area contributed by atoms with Crippen LogP contribution in [0.2, 0.25) is 0 Å². The molecule has 3 nitrogen and oxygen atoms in total. The number of aryl methyl sites for hydroxylation is 2. The maximum Gasteiger partial charge on any atom is 0.125 e. The molecule has 1 aromatic heterocycles. The molecular formula is C11H17N3. The van der Waals surface area contributed by atoms with E-state index < -0.39 is 0 Å². The van der Waals surface area contributed by atoms with Gasteiger partial charge in [-0.25, -0.2) is 9.97 Å². The van der Waals surface area contributed by atoms with Gasteiger partial charge in [0.15, 0.2) is 0 Å². The van der Waals surface area contributed by atoms with E-state index in [2.05, 4.69) is 22.2 Å². The molecule has 14 heavy (non-hydrogen) atoms. The lowest BCUT2D eigenvalue weighted by Gasteiger charge is -2.12. The van der Waals surface area contributed by atoms with E-state index >= 15 is 0 Å². The van der Waals surface area contributed by atoms with Crippen molar-refractivity contribution in [1.82, 2.24) is 15.3 Å². The van der Waals surface area contributed by atoms with E-state index in [1.165, 1.54) is 17.7 Å². The van der Waals surface area contributed by atoms with Crippen LogP contribution in [-0.4, -0.2) is 23.1 Å². The molecule has 0 bridgehead atoms. The Balaban J connectivity index is 2.33. The van der Waals surface area contributed by atoms with Gasteiger partial charge in [0.25, 0.3) is 0 Å². The lowest BCUT2D eigenvalue weighted by molar-refractivity contribution is 0.709. The van der Waals surface area contributed by atoms with Crippen molar-refractivity contribution in [3.63, 3.8) is 0 Å². The van der Waals surface area contributed by atoms with Crippen molar-refractivity contribution in [2.45, 2.75) is 32.6 Å². The summed E-state index contributed by atoms with van der Waals surface area (Å²) in [5.41, 5.74) is 2.58. The zero-order chi connectivity index (χ0) is 9.97. The third kappa shape index (κ3) is 1.77. The van der Waals surface area contributed by atoms with Crippen LogP contribution in [0, 0.1) is 6.92 Å². The van der Waals surface area contributed by atoms with Crippen LogP contribution in [0.4, 0.5) is 0 Å². The second-order valence-corrected chi connectivity index (χ2v) is 3.87. The van der Waals surface area contributed by atoms with Gasteiger partial charge in [0.05, 0.1) is 5.69 Å². The molecule has 1 N–H and O–H groups in total. The molecule has 1 fully saturated rings. The highest BCUT2D eigenvalue weighted by Gasteiger charge is 2.20. The summed E-state index contributed by atoms with van der Waals surface area (Å²) in [6, 6.07) is 0. The molecule has 0 saturated carbocycles. The van der Waals surface area contributed by atoms with Crippen LogP contribution in [0.1, 0.15) is 36.3 Å². The number of rotatable bonds is 2. The molecule has 1 aliphatic rings. The van der Waals surface area contributed by atoms with Crippen molar-refractivity contribution in [2.75, 3.05) is 13.1 Å². The van der Waals surface area contributed by atoms with Crippen molar-refractivity contribution in [2.24, 2.45) is 0 Å². The van der Waals surface area contributed by atoms with E-state index in [0.29, 0.717) is 5.92 Å². The quantitative estimate of drug-likeness (QED) is 0.768. The summed E-state index contributed by atoms with van der Waals surface area (Å²) in [5.74, 6) is 1.50. The highest BCUT2D eigenvalue weighted by atomic mass is 14.9. The first-order chi connectivity index (χ1) is 6.81. The van der Waals surface area contributed by atoms with Crippen LogP contribution in [0.5, 0.6) is 0 Å². The Morgan fingerprint density at radius 2 is 2.43 bits per heavy atom. The molecule has 1 unspecified atom stereocenters. The van der Waals surface area contributed by atoms with Crippen LogP contribution >= 0.6 is 0 Å². The van der Waals surface area contributed by atoms with E-state index in [0.717, 1.165) is 25.3 Å². The molecule has 76 valence electrons. The van der Waals surface area contributed by atoms with Gasteiger partial charge in [-0.15, -0.1) is 0 Å². The van der Waals surface area contributed by atoms with Crippen LogP contribution in [0.15, 0.2) is 6.20 Å². The second kappa shape index (κ2) is 4.05. The molecule has 1 aliphatic heterocycles. The topological polar surface area (TPSA) is 37.8 Å². The molecule has 0 radical (unpaired) electrons. The average Bonchev–Trinajstić information content (AvgIpc) is 2.70. The largest absolute Gasteiger partial charge is 0.316 e. The van der Waals surface area contributed by atoms with Gasteiger partial charge in [-0.05, 0) is 31.9 Å². The van der Waals surface area contributed by atoms with Crippen molar-refractivity contribution in [3.05, 3.63) is 23.3 Å². The highest BCUT2D eigenvalue weighted by molar-refractivity contribution is 5.22. The highest BCUT2D eigenvalue weighted by Crippen LogP contribution is 2.23. The maximum absolute atomic E-state index is 4.57. The predicted molar refractivity (Wildman–Crippen MR) is 56.4 cm³/mol. The Morgan fingerprint density at radius 3 is 3.07 bits per heavy atom. The van der Waals surface area contributed by atoms with Gasteiger partial charge < -0.3 is 5.32 Å². The summed E-state index contributed by atoms with van der Waals surface area (Å²) < 4.78 is 0. The first-order valence-electron chi connectivity index (χ1n) is 5.34. The SMILES string of the molecule is CCc1cnc(C)nc1C1CCNC1. The summed E-state index contributed by atoms with van der Waals surface area (Å²) in [5, 5.41) is 3.38. The summed E-state index contributed by atoms with van der Waals surface area (Å²) in [6.07, 6.45) is 4.23. The standard InChI is InChI=1S/C11H17N3/c1-3-9-7-13-8(2)14-11(9)10-4-5-12-6-10/h7,10,12H,3-6H2,1-2H3. The van der Waals surface area contributed by atoms with E-state index in [-0.39, 0.29) is 0 Å². The Bertz CT molecular complexity index is 316. The summed E-state index contributed by atoms with van der Waals surface area (Å²) >= 11 is 0. The van der Waals surface area contributed by atoms with Gasteiger partial charge in [0.2, 0.25) is 0 Å². The van der Waals surface area contributed by atoms with E-state index in [1.807, 2.05) is 13.1 Å². The first-order valence-corrected chi connectivity index (χ1v) is 5.34. The maximum atomic E-state index is 4.57. The van der Waals surface area contributed by atoms with E-state index in [9.17, 15) is 0 Å². The van der Waals surface area contributed by atoms with E-state index in [4.69, 9.17) is 0 Å². The van der Waals surface area contributed by atoms with Gasteiger partial charge in [-0.1, -0.05) is 6.92 Å². The number of hydrogen-bond donors (Lipinski definition) is 1. The molecule has 1 atom stereocenters. The van der Waals surface area contributed by atoms with Crippen LogP contribution in [0.25, 0.3) is 0 Å². The Labute approximate surface area is 85.0 Å². The lowest BCUT2D eigenvalue weighted by atomic mass is 9.99. The Kier molecular flexibility index (Phi) is 2.77. The third-order valence-corrected chi connectivity index (χ3v) is 2.85. The molecule has 1 saturated heterocycles. The van der Waals surface area contributed by atoms with Crippen LogP contribution in [-0.2, 0) is 6.42 Å². The number of nitrogens with zero attached hydrogens (tertiary/aromatic N) is 2. The van der Waals surface area contributed by atoms with Crippen molar-refractivity contribution >= 4 is 0 Å². The molecule has 2 heterocycles. The third-order valence-electron chi connectivity index (χ3n) is 2.85. The Morgan fingerprint density at radius 1 is 1.57 bits per heavy atom. The van der Waals surface area contributed by atoms with Crippen molar-refractivity contribution in [3.8, 4) is 0 Å². The minimum absolute atomic E-state index is 0.603. The van der Waals surface area contributed by atoms with Gasteiger partial charge >= 0.3 is 0 Å². The van der Waals surface area contributed by atoms with E-state index in [1.54, 1.807) is 0 Å². The summed E-state index contributed by atoms with van der Waals surface area (Å²) in [6.45, 7) is 6.32. The average molecular weight is 191 g/mol. The van der Waals surface area contributed by atoms with Gasteiger partial charge in [0.1, 0.15) is 5.82 Å². The predicted octanol–water partition coefficient (Wildman–Crippen LogP) is 1.42. The molecule has 0 spiro atoms. The fraction of sp³-hybridized carbons (Fsp3) is 0.636. The second-order valence-electron chi connectivity index (χ2n) is 3.87. The molecular weight excluding hydrogens is 174 g/mol. The van der Waals surface area contributed by atoms with Crippen LogP contribution in [0.3, 0.4) is 0 Å². The lowest BCUT2D eigenvalue weighted by Crippen LogP contribution is -2.11. The number of aromatic nitrogens is 2. The van der Waals surface area contributed by atoms with Crippen molar-refractivity contribution < 1.29 is 0 Å². The summed E-state index contributed by atoms with van der Waals surface area (Å²) in [4.78, 5) is 8.83. The Hall–Kier alpha value is -0.960. The minimum atomic E-state index is 0.603. The summed E-state index contributed by atoms with van der Waals surface area (Å²) in [7, 11) is 0. The minimum Gasteiger partial charge on any atom is -0.316 e. The number of nitrogens with one attached hydrogen (secondary N) is 1. The normalized spacial score (nSPS) is 21.4. The zero-order valence-corrected chi connectivity index (χ0v) is 8.88. The molecule has 2 rings (SSSR count). The smallest absolute Gasteiger partial charge is 0.125 e. The fourth-order valence-electron chi connectivity index (χ4n) is 2.03.